The first-order valence-electron chi connectivity index (χ1n) is 8.47. The Balaban J connectivity index is 1.90. The zero-order valence-electron chi connectivity index (χ0n) is 14.3. The second-order valence-corrected chi connectivity index (χ2v) is 6.91. The SMILES string of the molecule is Cc1ccc(C(=O)CCC(=O)NC2(C(=O)O)CCC(C)CC2)cc1. The van der Waals surface area contributed by atoms with Crippen LogP contribution in [0.25, 0.3) is 0 Å². The third-order valence-corrected chi connectivity index (χ3v) is 4.87. The molecule has 0 unspecified atom stereocenters. The summed E-state index contributed by atoms with van der Waals surface area (Å²) in [6.45, 7) is 4.03. The van der Waals surface area contributed by atoms with E-state index in [0.29, 0.717) is 24.3 Å². The molecule has 2 N–H and O–H groups in total. The highest BCUT2D eigenvalue weighted by Gasteiger charge is 2.42. The molecule has 130 valence electrons. The zero-order valence-corrected chi connectivity index (χ0v) is 14.3. The molecular formula is C19H25NO4. The summed E-state index contributed by atoms with van der Waals surface area (Å²) in [4.78, 5) is 35.9. The molecule has 5 heteroatoms. The molecule has 0 aromatic heterocycles. The maximum atomic E-state index is 12.2. The second-order valence-electron chi connectivity index (χ2n) is 6.91. The van der Waals surface area contributed by atoms with Gasteiger partial charge in [-0.1, -0.05) is 36.8 Å². The van der Waals surface area contributed by atoms with Crippen molar-refractivity contribution < 1.29 is 19.5 Å². The Labute approximate surface area is 142 Å². The van der Waals surface area contributed by atoms with Gasteiger partial charge < -0.3 is 10.4 Å². The van der Waals surface area contributed by atoms with Crippen molar-refractivity contribution >= 4 is 17.7 Å². The van der Waals surface area contributed by atoms with Crippen molar-refractivity contribution in [3.05, 3.63) is 35.4 Å². The van der Waals surface area contributed by atoms with Gasteiger partial charge in [0.25, 0.3) is 0 Å². The molecule has 1 saturated carbocycles. The predicted octanol–water partition coefficient (Wildman–Crippen LogP) is 3.11. The molecular weight excluding hydrogens is 306 g/mol. The van der Waals surface area contributed by atoms with Crippen LogP contribution in [0.2, 0.25) is 0 Å². The normalized spacial score (nSPS) is 23.5. The van der Waals surface area contributed by atoms with E-state index in [1.54, 1.807) is 12.1 Å². The number of Topliss-reactive ketones (excluding diaryl/α,β-unsaturated/α-hetero) is 1. The van der Waals surface area contributed by atoms with Crippen LogP contribution in [0.15, 0.2) is 24.3 Å². The van der Waals surface area contributed by atoms with Crippen LogP contribution in [0.5, 0.6) is 0 Å². The summed E-state index contributed by atoms with van der Waals surface area (Å²) in [6, 6.07) is 7.21. The molecule has 2 rings (SSSR count). The highest BCUT2D eigenvalue weighted by atomic mass is 16.4. The van der Waals surface area contributed by atoms with Crippen LogP contribution in [0.1, 0.15) is 61.4 Å². The minimum atomic E-state index is -1.17. The number of benzene rings is 1. The fraction of sp³-hybridized carbons (Fsp3) is 0.526. The quantitative estimate of drug-likeness (QED) is 0.785. The number of nitrogens with one attached hydrogen (secondary N) is 1. The summed E-state index contributed by atoms with van der Waals surface area (Å²) in [5.41, 5.74) is 0.475. The van der Waals surface area contributed by atoms with Crippen molar-refractivity contribution in [2.45, 2.75) is 57.9 Å². The summed E-state index contributed by atoms with van der Waals surface area (Å²) in [5, 5.41) is 12.2. The van der Waals surface area contributed by atoms with Gasteiger partial charge in [0, 0.05) is 18.4 Å². The lowest BCUT2D eigenvalue weighted by atomic mass is 9.77. The molecule has 0 radical (unpaired) electrons. The van der Waals surface area contributed by atoms with E-state index >= 15 is 0 Å². The fourth-order valence-corrected chi connectivity index (χ4v) is 3.09. The molecule has 1 aliphatic rings. The summed E-state index contributed by atoms with van der Waals surface area (Å²) in [6.07, 6.45) is 2.56. The standard InChI is InChI=1S/C19H25NO4/c1-13-3-5-15(6-4-13)16(21)7-8-17(22)20-19(18(23)24)11-9-14(2)10-12-19/h3-6,14H,7-12H2,1-2H3,(H,20,22)(H,23,24). The molecule has 1 fully saturated rings. The largest absolute Gasteiger partial charge is 0.480 e. The van der Waals surface area contributed by atoms with Crippen LogP contribution >= 0.6 is 0 Å². The average molecular weight is 331 g/mol. The van der Waals surface area contributed by atoms with E-state index in [2.05, 4.69) is 12.2 Å². The smallest absolute Gasteiger partial charge is 0.329 e. The number of carbonyl (C=O) groups excluding carboxylic acids is 2. The Hall–Kier alpha value is -2.17. The maximum Gasteiger partial charge on any atom is 0.329 e. The van der Waals surface area contributed by atoms with Gasteiger partial charge in [-0.05, 0) is 38.5 Å². The molecule has 1 aromatic rings. The van der Waals surface area contributed by atoms with Gasteiger partial charge >= 0.3 is 5.97 Å². The van der Waals surface area contributed by atoms with E-state index in [1.807, 2.05) is 19.1 Å². The lowest BCUT2D eigenvalue weighted by Gasteiger charge is -2.36. The lowest BCUT2D eigenvalue weighted by Crippen LogP contribution is -2.56. The molecule has 5 nitrogen and oxygen atoms in total. The minimum Gasteiger partial charge on any atom is -0.480 e. The summed E-state index contributed by atoms with van der Waals surface area (Å²) < 4.78 is 0. The van der Waals surface area contributed by atoms with Crippen molar-refractivity contribution in [3.8, 4) is 0 Å². The number of carboxylic acid groups (broad SMARTS) is 1. The van der Waals surface area contributed by atoms with Crippen molar-refractivity contribution in [2.24, 2.45) is 5.92 Å². The van der Waals surface area contributed by atoms with Crippen molar-refractivity contribution in [2.75, 3.05) is 0 Å². The average Bonchev–Trinajstić information content (AvgIpc) is 2.55. The number of rotatable bonds is 6. The van der Waals surface area contributed by atoms with Crippen LogP contribution in [-0.4, -0.2) is 28.3 Å². The van der Waals surface area contributed by atoms with E-state index in [-0.39, 0.29) is 24.5 Å². The van der Waals surface area contributed by atoms with Gasteiger partial charge in [-0.15, -0.1) is 0 Å². The Kier molecular flexibility index (Phi) is 5.75. The monoisotopic (exact) mass is 331 g/mol. The minimum absolute atomic E-state index is 0.0112. The van der Waals surface area contributed by atoms with Crippen molar-refractivity contribution in [1.29, 1.82) is 0 Å². The molecule has 24 heavy (non-hydrogen) atoms. The Bertz CT molecular complexity index is 613. The third kappa shape index (κ3) is 4.43. The number of carboxylic acids is 1. The molecule has 0 atom stereocenters. The maximum absolute atomic E-state index is 12.2. The fourth-order valence-electron chi connectivity index (χ4n) is 3.09. The summed E-state index contributed by atoms with van der Waals surface area (Å²) in [5.74, 6) is -0.968. The number of aliphatic carboxylic acids is 1. The first-order chi connectivity index (χ1) is 11.3. The Morgan fingerprint density at radius 2 is 1.71 bits per heavy atom. The molecule has 1 aliphatic carbocycles. The van der Waals surface area contributed by atoms with Gasteiger partial charge in [0.05, 0.1) is 0 Å². The molecule has 1 amide bonds. The van der Waals surface area contributed by atoms with Gasteiger partial charge in [0.1, 0.15) is 5.54 Å². The highest BCUT2D eigenvalue weighted by molar-refractivity contribution is 5.98. The predicted molar refractivity (Wildman–Crippen MR) is 90.9 cm³/mol. The van der Waals surface area contributed by atoms with Gasteiger partial charge in [-0.25, -0.2) is 4.79 Å². The zero-order chi connectivity index (χ0) is 17.7. The number of hydrogen-bond acceptors (Lipinski definition) is 3. The van der Waals surface area contributed by atoms with Gasteiger partial charge in [0.2, 0.25) is 5.91 Å². The van der Waals surface area contributed by atoms with E-state index < -0.39 is 11.5 Å². The first-order valence-corrected chi connectivity index (χ1v) is 8.47. The first kappa shape index (κ1) is 18.2. The lowest BCUT2D eigenvalue weighted by molar-refractivity contribution is -0.149. The Morgan fingerprint density at radius 3 is 2.25 bits per heavy atom. The highest BCUT2D eigenvalue weighted by Crippen LogP contribution is 2.32. The van der Waals surface area contributed by atoms with Crippen LogP contribution < -0.4 is 5.32 Å². The number of carbonyl (C=O) groups is 3. The molecule has 0 bridgehead atoms. The molecule has 1 aromatic carbocycles. The van der Waals surface area contributed by atoms with E-state index in [9.17, 15) is 19.5 Å². The molecule has 0 saturated heterocycles. The molecule has 0 heterocycles. The second kappa shape index (κ2) is 7.60. The van der Waals surface area contributed by atoms with Gasteiger partial charge in [0.15, 0.2) is 5.78 Å². The molecule has 0 aliphatic heterocycles. The van der Waals surface area contributed by atoms with E-state index in [0.717, 1.165) is 18.4 Å². The summed E-state index contributed by atoms with van der Waals surface area (Å²) in [7, 11) is 0. The summed E-state index contributed by atoms with van der Waals surface area (Å²) >= 11 is 0. The van der Waals surface area contributed by atoms with Crippen LogP contribution in [0.4, 0.5) is 0 Å². The van der Waals surface area contributed by atoms with Crippen molar-refractivity contribution in [3.63, 3.8) is 0 Å². The Morgan fingerprint density at radius 1 is 1.12 bits per heavy atom. The third-order valence-electron chi connectivity index (χ3n) is 4.87. The number of ketones is 1. The van der Waals surface area contributed by atoms with Crippen LogP contribution in [0, 0.1) is 12.8 Å². The number of hydrogen-bond donors (Lipinski definition) is 2. The van der Waals surface area contributed by atoms with Crippen LogP contribution in [0.3, 0.4) is 0 Å². The number of aryl methyl sites for hydroxylation is 1. The van der Waals surface area contributed by atoms with E-state index in [1.165, 1.54) is 0 Å². The van der Waals surface area contributed by atoms with Crippen LogP contribution in [-0.2, 0) is 9.59 Å². The van der Waals surface area contributed by atoms with E-state index in [4.69, 9.17) is 0 Å². The van der Waals surface area contributed by atoms with Crippen molar-refractivity contribution in [1.82, 2.24) is 5.32 Å². The van der Waals surface area contributed by atoms with Gasteiger partial charge in [-0.2, -0.15) is 0 Å². The number of amides is 1. The van der Waals surface area contributed by atoms with Gasteiger partial charge in [-0.3, -0.25) is 9.59 Å². The topological polar surface area (TPSA) is 83.5 Å². The molecule has 0 spiro atoms.